The fourth-order valence-electron chi connectivity index (χ4n) is 4.55. The van der Waals surface area contributed by atoms with E-state index in [2.05, 4.69) is 0 Å². The Bertz CT molecular complexity index is 1910. The molecule has 0 amide bonds. The summed E-state index contributed by atoms with van der Waals surface area (Å²) < 4.78 is 30.9. The van der Waals surface area contributed by atoms with E-state index in [0.29, 0.717) is 22.1 Å². The molecule has 3 aromatic heterocycles. The molecule has 0 spiro atoms. The summed E-state index contributed by atoms with van der Waals surface area (Å²) in [5.41, 5.74) is 2.29. The maximum atomic E-state index is 13.7. The number of aryl methyl sites for hydroxylation is 2. The Kier molecular flexibility index (Phi) is 6.60. The van der Waals surface area contributed by atoms with E-state index in [1.165, 1.54) is 40.4 Å². The molecule has 3 heterocycles. The summed E-state index contributed by atoms with van der Waals surface area (Å²) in [4.78, 5) is 26.3. The molecule has 0 aliphatic rings. The van der Waals surface area contributed by atoms with E-state index in [1.54, 1.807) is 24.5 Å². The summed E-state index contributed by atoms with van der Waals surface area (Å²) in [6.07, 6.45) is 3.23. The van der Waals surface area contributed by atoms with Gasteiger partial charge in [-0.05, 0) is 36.2 Å². The lowest BCUT2D eigenvalue weighted by Crippen LogP contribution is -2.23. The molecule has 0 bridgehead atoms. The minimum absolute atomic E-state index is 0.00784. The third kappa shape index (κ3) is 4.28. The summed E-state index contributed by atoms with van der Waals surface area (Å²) in [5, 5.41) is 9.59. The van der Waals surface area contributed by atoms with Crippen molar-refractivity contribution in [3.63, 3.8) is 0 Å². The van der Waals surface area contributed by atoms with Crippen molar-refractivity contribution >= 4 is 32.5 Å². The van der Waals surface area contributed by atoms with E-state index in [0.717, 1.165) is 15.1 Å². The van der Waals surface area contributed by atoms with Crippen molar-refractivity contribution < 1.29 is 13.5 Å². The average Bonchev–Trinajstić information content (AvgIpc) is 3.26. The zero-order valence-electron chi connectivity index (χ0n) is 20.6. The Hall–Kier alpha value is -3.92. The summed E-state index contributed by atoms with van der Waals surface area (Å²) >= 11 is 6.51. The maximum Gasteiger partial charge on any atom is 0.275 e. The number of hydrogen-bond acceptors (Lipinski definition) is 5. The van der Waals surface area contributed by atoms with E-state index in [-0.39, 0.29) is 34.3 Å². The van der Waals surface area contributed by atoms with E-state index < -0.39 is 15.6 Å². The van der Waals surface area contributed by atoms with E-state index in [4.69, 9.17) is 11.6 Å². The van der Waals surface area contributed by atoms with Crippen molar-refractivity contribution in [2.24, 2.45) is 7.05 Å². The molecule has 5 rings (SSSR count). The molecule has 0 fully saturated rings. The van der Waals surface area contributed by atoms with Crippen LogP contribution in [-0.2, 0) is 23.6 Å². The van der Waals surface area contributed by atoms with Crippen molar-refractivity contribution in [3.05, 3.63) is 111 Å². The van der Waals surface area contributed by atoms with Gasteiger partial charge in [-0.2, -0.15) is 0 Å². The number of aliphatic hydroxyl groups is 1. The van der Waals surface area contributed by atoms with E-state index in [1.807, 2.05) is 37.3 Å². The van der Waals surface area contributed by atoms with Crippen molar-refractivity contribution in [1.82, 2.24) is 13.1 Å². The van der Waals surface area contributed by atoms with Gasteiger partial charge >= 0.3 is 0 Å². The maximum absolute atomic E-state index is 13.7. The van der Waals surface area contributed by atoms with Crippen LogP contribution in [0.4, 0.5) is 0 Å². The number of aromatic nitrogens is 3. The molecular weight excluding hydrogens is 526 g/mol. The highest BCUT2D eigenvalue weighted by atomic mass is 35.5. The molecule has 0 aliphatic carbocycles. The summed E-state index contributed by atoms with van der Waals surface area (Å²) in [6.45, 7) is 1.74. The first kappa shape index (κ1) is 25.7. The van der Waals surface area contributed by atoms with Crippen molar-refractivity contribution in [2.75, 3.05) is 6.61 Å². The predicted octanol–water partition coefficient (Wildman–Crippen LogP) is 4.03. The highest BCUT2D eigenvalue weighted by Crippen LogP contribution is 2.37. The van der Waals surface area contributed by atoms with Gasteiger partial charge in [-0.1, -0.05) is 59.6 Å². The number of benzene rings is 2. The van der Waals surface area contributed by atoms with E-state index in [9.17, 15) is 23.1 Å². The molecule has 0 aliphatic heterocycles. The van der Waals surface area contributed by atoms with Gasteiger partial charge in [0.05, 0.1) is 11.5 Å². The van der Waals surface area contributed by atoms with Crippen LogP contribution < -0.4 is 11.1 Å². The molecule has 0 atom stereocenters. The van der Waals surface area contributed by atoms with Gasteiger partial charge in [0.25, 0.3) is 21.1 Å². The van der Waals surface area contributed by atoms with Gasteiger partial charge in [0, 0.05) is 48.6 Å². The van der Waals surface area contributed by atoms with Crippen molar-refractivity contribution in [2.45, 2.75) is 18.4 Å². The van der Waals surface area contributed by atoms with Gasteiger partial charge in [0.1, 0.15) is 10.7 Å². The minimum atomic E-state index is -4.21. The Morgan fingerprint density at radius 2 is 1.58 bits per heavy atom. The normalized spacial score (nSPS) is 11.8. The van der Waals surface area contributed by atoms with Crippen LogP contribution in [0.25, 0.3) is 33.2 Å². The fourth-order valence-corrected chi connectivity index (χ4v) is 6.41. The summed E-state index contributed by atoms with van der Waals surface area (Å²) in [5.74, 6) is 0. The Balaban J connectivity index is 1.86. The minimum Gasteiger partial charge on any atom is -0.395 e. The number of hydrogen-bond donors (Lipinski definition) is 1. The first-order valence-electron chi connectivity index (χ1n) is 11.8. The molecule has 0 saturated carbocycles. The topological polar surface area (TPSA) is 103 Å². The SMILES string of the molecule is Cc1ccc(S(=O)(=O)n2c(Cl)cc3c(-c4cc(=O)n(CCO)cc4-c4ccccc4)cn(C)c(=O)c32)cc1. The van der Waals surface area contributed by atoms with Gasteiger partial charge in [-0.15, -0.1) is 0 Å². The second kappa shape index (κ2) is 9.75. The van der Waals surface area contributed by atoms with Crippen LogP contribution in [0, 0.1) is 6.92 Å². The highest BCUT2D eigenvalue weighted by molar-refractivity contribution is 7.90. The monoisotopic (exact) mass is 549 g/mol. The molecule has 10 heteroatoms. The van der Waals surface area contributed by atoms with E-state index >= 15 is 0 Å². The van der Waals surface area contributed by atoms with Crippen LogP contribution in [0.15, 0.2) is 93.6 Å². The Morgan fingerprint density at radius 1 is 0.895 bits per heavy atom. The van der Waals surface area contributed by atoms with Gasteiger partial charge in [0.15, 0.2) is 0 Å². The first-order valence-corrected chi connectivity index (χ1v) is 13.6. The molecule has 0 radical (unpaired) electrons. The number of nitrogens with zero attached hydrogens (tertiary/aromatic N) is 3. The summed E-state index contributed by atoms with van der Waals surface area (Å²) in [7, 11) is -2.70. The predicted molar refractivity (Wildman–Crippen MR) is 148 cm³/mol. The molecule has 0 unspecified atom stereocenters. The molecule has 194 valence electrons. The molecule has 8 nitrogen and oxygen atoms in total. The quantitative estimate of drug-likeness (QED) is 0.344. The molecular formula is C28H24ClN3O5S. The number of rotatable bonds is 6. The number of halogens is 1. The van der Waals surface area contributed by atoms with Crippen LogP contribution in [0.2, 0.25) is 5.15 Å². The molecule has 38 heavy (non-hydrogen) atoms. The standard InChI is InChI=1S/C28H24ClN3O5S/c1-18-8-10-20(11-9-18)38(36,37)32-25(29)14-22-24(16-30(2)28(35)27(22)32)21-15-26(34)31(12-13-33)17-23(21)19-6-4-3-5-7-19/h3-11,14-17,33H,12-13H2,1-2H3. The fraction of sp³-hybridized carbons (Fsp3) is 0.143. The lowest BCUT2D eigenvalue weighted by atomic mass is 9.95. The lowest BCUT2D eigenvalue weighted by molar-refractivity contribution is 0.274. The van der Waals surface area contributed by atoms with Gasteiger partial charge in [-0.3, -0.25) is 9.59 Å². The van der Waals surface area contributed by atoms with Crippen LogP contribution in [0.3, 0.4) is 0 Å². The smallest absolute Gasteiger partial charge is 0.275 e. The average molecular weight is 550 g/mol. The zero-order valence-corrected chi connectivity index (χ0v) is 22.2. The number of pyridine rings is 2. The van der Waals surface area contributed by atoms with Crippen LogP contribution in [0.5, 0.6) is 0 Å². The second-order valence-electron chi connectivity index (χ2n) is 8.99. The number of fused-ring (bicyclic) bond motifs is 1. The third-order valence-electron chi connectivity index (χ3n) is 6.45. The highest BCUT2D eigenvalue weighted by Gasteiger charge is 2.27. The van der Waals surface area contributed by atoms with Crippen LogP contribution >= 0.6 is 11.6 Å². The molecule has 1 N–H and O–H groups in total. The molecule has 5 aromatic rings. The molecule has 0 saturated heterocycles. The number of aliphatic hydroxyl groups excluding tert-OH is 1. The van der Waals surface area contributed by atoms with Crippen LogP contribution in [0.1, 0.15) is 5.56 Å². The van der Waals surface area contributed by atoms with Crippen molar-refractivity contribution in [1.29, 1.82) is 0 Å². The van der Waals surface area contributed by atoms with Gasteiger partial charge in [-0.25, -0.2) is 12.4 Å². The Labute approximate surface area is 223 Å². The summed E-state index contributed by atoms with van der Waals surface area (Å²) in [6, 6.07) is 18.5. The largest absolute Gasteiger partial charge is 0.395 e. The first-order chi connectivity index (χ1) is 18.1. The van der Waals surface area contributed by atoms with Crippen LogP contribution in [-0.4, -0.2) is 33.2 Å². The van der Waals surface area contributed by atoms with Crippen molar-refractivity contribution in [3.8, 4) is 22.3 Å². The molecule has 2 aromatic carbocycles. The Morgan fingerprint density at radius 3 is 2.24 bits per heavy atom. The van der Waals surface area contributed by atoms with Gasteiger partial charge in [0.2, 0.25) is 0 Å². The third-order valence-corrected chi connectivity index (χ3v) is 8.56. The second-order valence-corrected chi connectivity index (χ2v) is 11.2. The van der Waals surface area contributed by atoms with Gasteiger partial charge < -0.3 is 14.2 Å². The lowest BCUT2D eigenvalue weighted by Gasteiger charge is -2.16. The zero-order chi connectivity index (χ0) is 27.2.